The van der Waals surface area contributed by atoms with E-state index in [9.17, 15) is 19.2 Å². The predicted octanol–water partition coefficient (Wildman–Crippen LogP) is 1.22. The third-order valence-corrected chi connectivity index (χ3v) is 6.53. The van der Waals surface area contributed by atoms with Crippen LogP contribution in [0.3, 0.4) is 0 Å². The van der Waals surface area contributed by atoms with E-state index in [4.69, 9.17) is 28.5 Å². The molecule has 0 radical (unpaired) electrons. The summed E-state index contributed by atoms with van der Waals surface area (Å²) in [5, 5.41) is 3.22. The van der Waals surface area contributed by atoms with Crippen molar-refractivity contribution in [3.8, 4) is 11.8 Å². The molecule has 38 heavy (non-hydrogen) atoms. The molecule has 0 aromatic rings. The Morgan fingerprint density at radius 2 is 1.32 bits per heavy atom. The van der Waals surface area contributed by atoms with Gasteiger partial charge in [0.1, 0.15) is 0 Å². The van der Waals surface area contributed by atoms with Gasteiger partial charge in [0.25, 0.3) is 11.8 Å². The summed E-state index contributed by atoms with van der Waals surface area (Å²) in [6.45, 7) is 3.51. The Kier molecular flexibility index (Phi) is 13.3. The Bertz CT molecular complexity index is 821. The van der Waals surface area contributed by atoms with Gasteiger partial charge in [-0.15, -0.1) is 16.9 Å². The minimum absolute atomic E-state index is 0.0599. The van der Waals surface area contributed by atoms with Gasteiger partial charge in [-0.2, -0.15) is 0 Å². The highest BCUT2D eigenvalue weighted by atomic mass is 16.7. The lowest BCUT2D eigenvalue weighted by atomic mass is 10.1. The van der Waals surface area contributed by atoms with Gasteiger partial charge in [-0.25, -0.2) is 9.59 Å². The van der Waals surface area contributed by atoms with E-state index in [1.807, 2.05) is 0 Å². The van der Waals surface area contributed by atoms with Gasteiger partial charge in [-0.05, 0) is 30.6 Å². The Labute approximate surface area is 222 Å². The van der Waals surface area contributed by atoms with E-state index < -0.39 is 23.9 Å². The minimum Gasteiger partial charge on any atom is -0.449 e. The fourth-order valence-electron chi connectivity index (χ4n) is 4.45. The van der Waals surface area contributed by atoms with Gasteiger partial charge in [0, 0.05) is 32.2 Å². The molecule has 3 rings (SSSR count). The van der Waals surface area contributed by atoms with Crippen molar-refractivity contribution in [1.29, 1.82) is 0 Å². The maximum absolute atomic E-state index is 11.8. The minimum atomic E-state index is -0.700. The molecule has 2 unspecified atom stereocenters. The van der Waals surface area contributed by atoms with Gasteiger partial charge in [0.15, 0.2) is 0 Å². The maximum Gasteiger partial charge on any atom is 0.407 e. The van der Waals surface area contributed by atoms with Crippen molar-refractivity contribution in [2.24, 2.45) is 17.8 Å². The Balaban J connectivity index is 1.01. The molecule has 0 bridgehead atoms. The quantitative estimate of drug-likeness (QED) is 0.154. The maximum atomic E-state index is 11.8. The monoisotopic (exact) mass is 538 g/mol. The van der Waals surface area contributed by atoms with Crippen molar-refractivity contribution in [2.75, 3.05) is 66.0 Å². The van der Waals surface area contributed by atoms with Crippen LogP contribution in [0.4, 0.5) is 4.79 Å². The number of fused-ring (bicyclic) bond motifs is 1. The van der Waals surface area contributed by atoms with Gasteiger partial charge in [0.05, 0.1) is 65.9 Å². The second-order valence-electron chi connectivity index (χ2n) is 9.19. The summed E-state index contributed by atoms with van der Waals surface area (Å²) in [6.07, 6.45) is 3.76. The predicted molar refractivity (Wildman–Crippen MR) is 131 cm³/mol. The van der Waals surface area contributed by atoms with Gasteiger partial charge < -0.3 is 33.8 Å². The molecule has 2 atom stereocenters. The third-order valence-electron chi connectivity index (χ3n) is 6.53. The molecule has 12 nitrogen and oxygen atoms in total. The molecular formula is C26H38N2O10. The van der Waals surface area contributed by atoms with Crippen LogP contribution >= 0.6 is 0 Å². The number of ether oxygens (including phenoxy) is 5. The Morgan fingerprint density at radius 1 is 0.789 bits per heavy atom. The molecule has 12 heteroatoms. The van der Waals surface area contributed by atoms with Crippen LogP contribution in [0.5, 0.6) is 0 Å². The van der Waals surface area contributed by atoms with Crippen LogP contribution in [-0.2, 0) is 42.9 Å². The molecule has 0 aromatic carbocycles. The molecule has 1 saturated heterocycles. The van der Waals surface area contributed by atoms with E-state index in [-0.39, 0.29) is 32.5 Å². The average Bonchev–Trinajstić information content (AvgIpc) is 3.44. The number of hydrogen-bond acceptors (Lipinski definition) is 10. The molecule has 3 aliphatic rings. The van der Waals surface area contributed by atoms with Crippen LogP contribution < -0.4 is 5.32 Å². The first-order valence-corrected chi connectivity index (χ1v) is 13.3. The van der Waals surface area contributed by atoms with Crippen molar-refractivity contribution in [3.05, 3.63) is 0 Å². The first kappa shape index (κ1) is 29.8. The first-order chi connectivity index (χ1) is 18.6. The molecule has 1 saturated carbocycles. The summed E-state index contributed by atoms with van der Waals surface area (Å²) in [7, 11) is 0. The van der Waals surface area contributed by atoms with Crippen molar-refractivity contribution in [1.82, 2.24) is 10.4 Å². The van der Waals surface area contributed by atoms with Crippen molar-refractivity contribution in [2.45, 2.75) is 44.9 Å². The highest BCUT2D eigenvalue weighted by Gasteiger charge is 2.49. The zero-order valence-electron chi connectivity index (χ0n) is 21.8. The number of hydroxylamine groups is 2. The highest BCUT2D eigenvalue weighted by Crippen LogP contribution is 2.52. The Morgan fingerprint density at radius 3 is 1.89 bits per heavy atom. The number of hydrogen-bond donors (Lipinski definition) is 1. The second-order valence-corrected chi connectivity index (χ2v) is 9.19. The lowest BCUT2D eigenvalue weighted by Crippen LogP contribution is -2.32. The number of nitrogens with one attached hydrogen (secondary N) is 1. The zero-order valence-corrected chi connectivity index (χ0v) is 21.8. The van der Waals surface area contributed by atoms with Crippen LogP contribution in [0.1, 0.15) is 44.9 Å². The van der Waals surface area contributed by atoms with E-state index in [0.29, 0.717) is 75.6 Å². The molecule has 1 heterocycles. The molecule has 2 fully saturated rings. The lowest BCUT2D eigenvalue weighted by molar-refractivity contribution is -0.198. The van der Waals surface area contributed by atoms with Crippen molar-refractivity contribution in [3.63, 3.8) is 0 Å². The van der Waals surface area contributed by atoms with Crippen LogP contribution in [0.15, 0.2) is 0 Å². The van der Waals surface area contributed by atoms with Crippen molar-refractivity contribution < 1.29 is 47.7 Å². The molecule has 1 aliphatic heterocycles. The van der Waals surface area contributed by atoms with Crippen molar-refractivity contribution >= 4 is 23.9 Å². The Hall–Kier alpha value is -2.72. The number of carbonyl (C=O) groups excluding carboxylic acids is 4. The fraction of sp³-hybridized carbons (Fsp3) is 0.769. The largest absolute Gasteiger partial charge is 0.449 e. The van der Waals surface area contributed by atoms with Crippen LogP contribution in [0.2, 0.25) is 0 Å². The smallest absolute Gasteiger partial charge is 0.407 e. The topological polar surface area (TPSA) is 139 Å². The van der Waals surface area contributed by atoms with Crippen LogP contribution in [0, 0.1) is 29.6 Å². The molecule has 2 aliphatic carbocycles. The zero-order chi connectivity index (χ0) is 27.0. The van der Waals surface area contributed by atoms with E-state index in [1.165, 1.54) is 0 Å². The highest BCUT2D eigenvalue weighted by molar-refractivity contribution is 6.01. The molecule has 1 N–H and O–H groups in total. The normalized spacial score (nSPS) is 22.1. The molecule has 3 amide bonds. The molecular weight excluding hydrogens is 500 g/mol. The van der Waals surface area contributed by atoms with E-state index in [2.05, 4.69) is 17.2 Å². The summed E-state index contributed by atoms with van der Waals surface area (Å²) in [5.74, 6) is 6.44. The second kappa shape index (κ2) is 17.0. The van der Waals surface area contributed by atoms with Gasteiger partial charge in [-0.1, -0.05) is 0 Å². The van der Waals surface area contributed by atoms with Gasteiger partial charge in [0.2, 0.25) is 0 Å². The SMILES string of the molecule is O=C(CCOCCOCCOCCOCCNC(=O)OCC1C2CCC#CCCC21)ON1C(=O)CCC1=O. The van der Waals surface area contributed by atoms with Gasteiger partial charge >= 0.3 is 12.1 Å². The summed E-state index contributed by atoms with van der Waals surface area (Å²) in [4.78, 5) is 50.9. The standard InChI is InChI=1S/C26H38N2O10/c29-23-7-8-24(30)28(23)38-25(31)9-11-33-13-15-35-17-18-36-16-14-34-12-10-27-26(32)37-19-22-20-5-3-1-2-4-6-21(20)22/h20-22H,3-19H2,(H,27,32). The van der Waals surface area contributed by atoms with E-state index in [0.717, 1.165) is 25.7 Å². The number of carbonyl (C=O) groups is 4. The summed E-state index contributed by atoms with van der Waals surface area (Å²) >= 11 is 0. The van der Waals surface area contributed by atoms with Gasteiger partial charge in [-0.3, -0.25) is 9.59 Å². The number of imide groups is 1. The summed E-state index contributed by atoms with van der Waals surface area (Å²) in [6, 6.07) is 0. The molecule has 212 valence electrons. The first-order valence-electron chi connectivity index (χ1n) is 13.3. The summed E-state index contributed by atoms with van der Waals surface area (Å²) < 4.78 is 26.8. The summed E-state index contributed by atoms with van der Waals surface area (Å²) in [5.41, 5.74) is 0. The lowest BCUT2D eigenvalue weighted by Gasteiger charge is -2.12. The van der Waals surface area contributed by atoms with Crippen LogP contribution in [-0.4, -0.2) is 94.9 Å². The number of nitrogens with zero attached hydrogens (tertiary/aromatic N) is 1. The number of alkyl carbamates (subject to hydrolysis) is 1. The molecule has 0 spiro atoms. The molecule has 0 aromatic heterocycles. The number of amides is 3. The van der Waals surface area contributed by atoms with E-state index >= 15 is 0 Å². The third kappa shape index (κ3) is 10.9. The average molecular weight is 539 g/mol. The fourth-order valence-corrected chi connectivity index (χ4v) is 4.45. The van der Waals surface area contributed by atoms with E-state index in [1.54, 1.807) is 0 Å². The number of rotatable bonds is 18. The van der Waals surface area contributed by atoms with Crippen LogP contribution in [0.25, 0.3) is 0 Å².